The van der Waals surface area contributed by atoms with E-state index in [-0.39, 0.29) is 24.0 Å². The fourth-order valence-corrected chi connectivity index (χ4v) is 4.61. The molecule has 0 atom stereocenters. The highest BCUT2D eigenvalue weighted by Crippen LogP contribution is 2.24. The van der Waals surface area contributed by atoms with Crippen molar-refractivity contribution in [1.82, 2.24) is 20.2 Å². The second-order valence-electron chi connectivity index (χ2n) is 7.40. The molecule has 4 rings (SSSR count). The Labute approximate surface area is 199 Å². The number of thiophene rings is 1. The van der Waals surface area contributed by atoms with Gasteiger partial charge in [0, 0.05) is 38.8 Å². The number of rotatable bonds is 7. The SMILES string of the molecule is CCNC(=NCCCn1cnc2ccccc21)NC1CCN(c2cccs2)CC1.I. The zero-order valence-corrected chi connectivity index (χ0v) is 20.6. The second-order valence-corrected chi connectivity index (χ2v) is 8.32. The summed E-state index contributed by atoms with van der Waals surface area (Å²) in [7, 11) is 0. The van der Waals surface area contributed by atoms with E-state index in [1.54, 1.807) is 0 Å². The van der Waals surface area contributed by atoms with Crippen LogP contribution < -0.4 is 15.5 Å². The van der Waals surface area contributed by atoms with E-state index in [9.17, 15) is 0 Å². The number of anilines is 1. The third-order valence-electron chi connectivity index (χ3n) is 5.35. The topological polar surface area (TPSA) is 57.5 Å². The third kappa shape index (κ3) is 5.87. The zero-order chi connectivity index (χ0) is 19.9. The number of halogens is 1. The molecule has 8 heteroatoms. The van der Waals surface area contributed by atoms with Gasteiger partial charge in [-0.3, -0.25) is 4.99 Å². The molecule has 1 fully saturated rings. The van der Waals surface area contributed by atoms with Crippen molar-refractivity contribution in [2.75, 3.05) is 31.1 Å². The summed E-state index contributed by atoms with van der Waals surface area (Å²) in [5, 5.41) is 10.6. The lowest BCUT2D eigenvalue weighted by Gasteiger charge is -2.33. The van der Waals surface area contributed by atoms with Gasteiger partial charge in [0.2, 0.25) is 0 Å². The quantitative estimate of drug-likeness (QED) is 0.204. The van der Waals surface area contributed by atoms with E-state index >= 15 is 0 Å². The lowest BCUT2D eigenvalue weighted by atomic mass is 10.1. The van der Waals surface area contributed by atoms with Crippen molar-refractivity contribution in [1.29, 1.82) is 0 Å². The molecule has 0 bridgehead atoms. The molecule has 0 saturated carbocycles. The first-order valence-corrected chi connectivity index (χ1v) is 11.4. The summed E-state index contributed by atoms with van der Waals surface area (Å²) in [6, 6.07) is 13.1. The molecule has 1 saturated heterocycles. The maximum absolute atomic E-state index is 4.81. The van der Waals surface area contributed by atoms with Crippen LogP contribution in [0.5, 0.6) is 0 Å². The minimum atomic E-state index is 0. The molecule has 0 radical (unpaired) electrons. The largest absolute Gasteiger partial charge is 0.363 e. The molecule has 1 aliphatic heterocycles. The normalized spacial score (nSPS) is 15.2. The van der Waals surface area contributed by atoms with Crippen LogP contribution in [0.3, 0.4) is 0 Å². The van der Waals surface area contributed by atoms with Gasteiger partial charge in [0.25, 0.3) is 0 Å². The molecule has 1 aliphatic rings. The summed E-state index contributed by atoms with van der Waals surface area (Å²) in [4.78, 5) is 11.8. The number of nitrogens with one attached hydrogen (secondary N) is 2. The van der Waals surface area contributed by atoms with E-state index in [1.807, 2.05) is 23.7 Å². The fraction of sp³-hybridized carbons (Fsp3) is 0.455. The Morgan fingerprint density at radius 2 is 2.03 bits per heavy atom. The predicted molar refractivity (Wildman–Crippen MR) is 138 cm³/mol. The van der Waals surface area contributed by atoms with Gasteiger partial charge in [0.15, 0.2) is 5.96 Å². The average Bonchev–Trinajstić information content (AvgIpc) is 3.42. The number of nitrogens with zero attached hydrogens (tertiary/aromatic N) is 4. The lowest BCUT2D eigenvalue weighted by molar-refractivity contribution is 0.462. The Balaban J connectivity index is 0.00000256. The van der Waals surface area contributed by atoms with E-state index in [0.29, 0.717) is 6.04 Å². The van der Waals surface area contributed by atoms with Crippen LogP contribution in [-0.2, 0) is 6.54 Å². The van der Waals surface area contributed by atoms with E-state index in [4.69, 9.17) is 4.99 Å². The Hall–Kier alpha value is -1.81. The van der Waals surface area contributed by atoms with Crippen LogP contribution in [0.4, 0.5) is 5.00 Å². The highest BCUT2D eigenvalue weighted by Gasteiger charge is 2.20. The van der Waals surface area contributed by atoms with Crippen molar-refractivity contribution in [3.8, 4) is 0 Å². The first-order valence-electron chi connectivity index (χ1n) is 10.6. The molecule has 0 aliphatic carbocycles. The molecule has 30 heavy (non-hydrogen) atoms. The number of piperidine rings is 1. The van der Waals surface area contributed by atoms with Crippen molar-refractivity contribution in [3.05, 3.63) is 48.1 Å². The van der Waals surface area contributed by atoms with Crippen molar-refractivity contribution in [2.24, 2.45) is 4.99 Å². The van der Waals surface area contributed by atoms with E-state index in [0.717, 1.165) is 63.5 Å². The van der Waals surface area contributed by atoms with Crippen LogP contribution >= 0.6 is 35.3 Å². The minimum Gasteiger partial charge on any atom is -0.363 e. The maximum Gasteiger partial charge on any atom is 0.191 e. The molecule has 1 aromatic carbocycles. The van der Waals surface area contributed by atoms with Crippen molar-refractivity contribution >= 4 is 57.3 Å². The number of fused-ring (bicyclic) bond motifs is 1. The van der Waals surface area contributed by atoms with Crippen molar-refractivity contribution in [2.45, 2.75) is 38.8 Å². The molecule has 3 heterocycles. The highest BCUT2D eigenvalue weighted by atomic mass is 127. The summed E-state index contributed by atoms with van der Waals surface area (Å²) in [6.45, 7) is 6.94. The third-order valence-corrected chi connectivity index (χ3v) is 6.28. The Bertz CT molecular complexity index is 915. The van der Waals surface area contributed by atoms with E-state index < -0.39 is 0 Å². The number of benzene rings is 1. The van der Waals surface area contributed by atoms with Gasteiger partial charge in [-0.25, -0.2) is 4.98 Å². The Kier molecular flexibility index (Phi) is 8.80. The van der Waals surface area contributed by atoms with Crippen LogP contribution in [0.15, 0.2) is 53.1 Å². The fourth-order valence-electron chi connectivity index (χ4n) is 3.83. The molecule has 3 aromatic rings. The summed E-state index contributed by atoms with van der Waals surface area (Å²) >= 11 is 1.83. The molecule has 0 unspecified atom stereocenters. The molecule has 0 spiro atoms. The number of hydrogen-bond acceptors (Lipinski definition) is 4. The zero-order valence-electron chi connectivity index (χ0n) is 17.5. The van der Waals surface area contributed by atoms with Crippen LogP contribution in [-0.4, -0.2) is 47.7 Å². The summed E-state index contributed by atoms with van der Waals surface area (Å²) in [6.07, 6.45) is 5.21. The summed E-state index contributed by atoms with van der Waals surface area (Å²) < 4.78 is 2.21. The van der Waals surface area contributed by atoms with E-state index in [2.05, 4.69) is 67.7 Å². The number of aryl methyl sites for hydroxylation is 1. The number of aliphatic imine (C=N–C) groups is 1. The van der Waals surface area contributed by atoms with Gasteiger partial charge in [-0.1, -0.05) is 12.1 Å². The number of guanidine groups is 1. The number of para-hydroxylation sites is 2. The van der Waals surface area contributed by atoms with Crippen LogP contribution in [0, 0.1) is 0 Å². The summed E-state index contributed by atoms with van der Waals surface area (Å²) in [5.41, 5.74) is 2.25. The van der Waals surface area contributed by atoms with Gasteiger partial charge in [0.05, 0.1) is 22.4 Å². The molecule has 6 nitrogen and oxygen atoms in total. The van der Waals surface area contributed by atoms with Gasteiger partial charge < -0.3 is 20.1 Å². The van der Waals surface area contributed by atoms with Gasteiger partial charge in [-0.05, 0) is 55.8 Å². The molecule has 0 amide bonds. The van der Waals surface area contributed by atoms with Gasteiger partial charge in [-0.15, -0.1) is 35.3 Å². The first kappa shape index (κ1) is 22.9. The standard InChI is InChI=1S/C22H30N6S.HI/c1-2-23-22(26-18-10-14-27(15-11-18)21-9-5-16-29-21)24-12-6-13-28-17-25-19-7-3-4-8-20(19)28;/h3-5,7-9,16-18H,2,6,10-15H2,1H3,(H2,23,24,26);1H. The Morgan fingerprint density at radius 1 is 1.20 bits per heavy atom. The minimum absolute atomic E-state index is 0. The van der Waals surface area contributed by atoms with Gasteiger partial charge >= 0.3 is 0 Å². The van der Waals surface area contributed by atoms with E-state index in [1.165, 1.54) is 10.5 Å². The van der Waals surface area contributed by atoms with Crippen LogP contribution in [0.25, 0.3) is 11.0 Å². The first-order chi connectivity index (χ1) is 14.3. The molecule has 162 valence electrons. The molecular formula is C22H31IN6S. The lowest BCUT2D eigenvalue weighted by Crippen LogP contribution is -2.48. The van der Waals surface area contributed by atoms with Crippen LogP contribution in [0.1, 0.15) is 26.2 Å². The maximum atomic E-state index is 4.81. The van der Waals surface area contributed by atoms with Gasteiger partial charge in [-0.2, -0.15) is 0 Å². The predicted octanol–water partition coefficient (Wildman–Crippen LogP) is 4.33. The summed E-state index contributed by atoms with van der Waals surface area (Å²) in [5.74, 6) is 0.942. The smallest absolute Gasteiger partial charge is 0.191 e. The van der Waals surface area contributed by atoms with Gasteiger partial charge in [0.1, 0.15) is 0 Å². The van der Waals surface area contributed by atoms with Crippen molar-refractivity contribution in [3.63, 3.8) is 0 Å². The number of hydrogen-bond donors (Lipinski definition) is 2. The monoisotopic (exact) mass is 538 g/mol. The highest BCUT2D eigenvalue weighted by molar-refractivity contribution is 14.0. The Morgan fingerprint density at radius 3 is 2.80 bits per heavy atom. The molecule has 2 aromatic heterocycles. The second kappa shape index (κ2) is 11.5. The average molecular weight is 539 g/mol. The number of imidazole rings is 1. The number of aromatic nitrogens is 2. The molecular weight excluding hydrogens is 507 g/mol. The van der Waals surface area contributed by atoms with Crippen LogP contribution in [0.2, 0.25) is 0 Å². The van der Waals surface area contributed by atoms with Crippen molar-refractivity contribution < 1.29 is 0 Å². The molecule has 2 N–H and O–H groups in total.